The number of halogens is 1. The fraction of sp³-hybridized carbons (Fsp3) is 0.172. The Morgan fingerprint density at radius 3 is 2.69 bits per heavy atom. The highest BCUT2D eigenvalue weighted by Gasteiger charge is 2.35. The van der Waals surface area contributed by atoms with Gasteiger partial charge in [-0.2, -0.15) is 5.26 Å². The summed E-state index contributed by atoms with van der Waals surface area (Å²) in [7, 11) is 2.79. The molecule has 10 heteroatoms. The lowest BCUT2D eigenvalue weighted by atomic mass is 9.95. The fourth-order valence-corrected chi connectivity index (χ4v) is 5.91. The minimum Gasteiger partial charge on any atom is -0.496 e. The predicted octanol–water partition coefficient (Wildman–Crippen LogP) is 4.13. The maximum atomic E-state index is 14.1. The van der Waals surface area contributed by atoms with Crippen LogP contribution in [0.3, 0.4) is 0 Å². The molecule has 0 unspecified atom stereocenters. The second kappa shape index (κ2) is 10.8. The first-order chi connectivity index (χ1) is 18.9. The van der Waals surface area contributed by atoms with Crippen LogP contribution in [0.25, 0.3) is 16.8 Å². The van der Waals surface area contributed by atoms with Crippen molar-refractivity contribution in [2.24, 2.45) is 4.99 Å². The maximum absolute atomic E-state index is 14.1. The van der Waals surface area contributed by atoms with Crippen LogP contribution in [0.1, 0.15) is 24.1 Å². The Kier molecular flexibility index (Phi) is 7.24. The van der Waals surface area contributed by atoms with Gasteiger partial charge >= 0.3 is 5.97 Å². The van der Waals surface area contributed by atoms with Gasteiger partial charge in [-0.15, -0.1) is 0 Å². The van der Waals surface area contributed by atoms with Gasteiger partial charge in [0.15, 0.2) is 11.4 Å². The third-order valence-electron chi connectivity index (χ3n) is 6.41. The van der Waals surface area contributed by atoms with Crippen LogP contribution in [-0.4, -0.2) is 31.4 Å². The van der Waals surface area contributed by atoms with Crippen molar-refractivity contribution in [2.75, 3.05) is 20.8 Å². The highest BCUT2D eigenvalue weighted by Crippen LogP contribution is 2.37. The minimum atomic E-state index is -0.883. The lowest BCUT2D eigenvalue weighted by Gasteiger charge is -2.25. The van der Waals surface area contributed by atoms with Gasteiger partial charge in [-0.25, -0.2) is 9.79 Å². The zero-order valence-corrected chi connectivity index (χ0v) is 22.8. The maximum Gasteiger partial charge on any atom is 0.338 e. The van der Waals surface area contributed by atoms with Crippen LogP contribution in [0.5, 0.6) is 11.5 Å². The molecule has 0 N–H and O–H groups in total. The Morgan fingerprint density at radius 1 is 1.18 bits per heavy atom. The fourth-order valence-electron chi connectivity index (χ4n) is 4.70. The average Bonchev–Trinajstić information content (AvgIpc) is 3.25. The SMILES string of the molecule is COC(=O)C1=C(C)N=c2s/c(=C\c3c(OCC#N)ccc4ccccc34)c(=O)n2[C@H]1c1cc(Cl)ccc1OC. The highest BCUT2D eigenvalue weighted by molar-refractivity contribution is 7.07. The van der Waals surface area contributed by atoms with Crippen LogP contribution in [0.2, 0.25) is 5.02 Å². The van der Waals surface area contributed by atoms with Crippen molar-refractivity contribution in [3.8, 4) is 17.6 Å². The van der Waals surface area contributed by atoms with Crippen molar-refractivity contribution >= 4 is 45.8 Å². The normalized spacial score (nSPS) is 14.9. The quantitative estimate of drug-likeness (QED) is 0.329. The topological polar surface area (TPSA) is 103 Å². The highest BCUT2D eigenvalue weighted by atomic mass is 35.5. The monoisotopic (exact) mass is 559 g/mol. The van der Waals surface area contributed by atoms with E-state index < -0.39 is 12.0 Å². The standard InChI is InChI=1S/C29H22ClN3O5S/c1-16-25(28(35)37-3)26(21-14-18(30)9-11-22(21)36-2)33-27(34)24(39-29(33)32-16)15-20-19-7-5-4-6-17(19)8-10-23(20)38-13-12-31/h4-11,14-15,26H,13H2,1-3H3/b24-15-/t26-/m0/s1. The van der Waals surface area contributed by atoms with Crippen LogP contribution in [-0.2, 0) is 9.53 Å². The van der Waals surface area contributed by atoms with E-state index in [0.717, 1.165) is 10.8 Å². The number of nitrogens with zero attached hydrogens (tertiary/aromatic N) is 3. The van der Waals surface area contributed by atoms with E-state index >= 15 is 0 Å². The summed E-state index contributed by atoms with van der Waals surface area (Å²) in [4.78, 5) is 32.0. The molecule has 0 radical (unpaired) electrons. The number of benzene rings is 3. The van der Waals surface area contributed by atoms with E-state index in [9.17, 15) is 9.59 Å². The lowest BCUT2D eigenvalue weighted by molar-refractivity contribution is -0.136. The van der Waals surface area contributed by atoms with Crippen LogP contribution in [0.15, 0.2) is 75.7 Å². The Balaban J connectivity index is 1.82. The van der Waals surface area contributed by atoms with Crippen molar-refractivity contribution in [2.45, 2.75) is 13.0 Å². The first-order valence-electron chi connectivity index (χ1n) is 11.8. The van der Waals surface area contributed by atoms with Crippen LogP contribution in [0.4, 0.5) is 0 Å². The molecule has 0 fully saturated rings. The van der Waals surface area contributed by atoms with E-state index in [2.05, 4.69) is 4.99 Å². The van der Waals surface area contributed by atoms with Gasteiger partial charge in [-0.3, -0.25) is 9.36 Å². The Bertz CT molecular complexity index is 1880. The van der Waals surface area contributed by atoms with E-state index in [4.69, 9.17) is 31.1 Å². The number of hydrogen-bond donors (Lipinski definition) is 0. The summed E-state index contributed by atoms with van der Waals surface area (Å²) >= 11 is 7.53. The number of esters is 1. The van der Waals surface area contributed by atoms with E-state index in [1.807, 2.05) is 36.4 Å². The molecule has 39 heavy (non-hydrogen) atoms. The van der Waals surface area contributed by atoms with Gasteiger partial charge in [-0.1, -0.05) is 53.3 Å². The molecule has 0 spiro atoms. The largest absolute Gasteiger partial charge is 0.496 e. The smallest absolute Gasteiger partial charge is 0.338 e. The number of carbonyl (C=O) groups excluding carboxylic acids is 1. The number of carbonyl (C=O) groups is 1. The third kappa shape index (κ3) is 4.69. The van der Waals surface area contributed by atoms with Crippen LogP contribution < -0.4 is 24.4 Å². The number of methoxy groups -OCH3 is 2. The van der Waals surface area contributed by atoms with Gasteiger partial charge in [0.2, 0.25) is 0 Å². The number of allylic oxidation sites excluding steroid dienone is 1. The third-order valence-corrected chi connectivity index (χ3v) is 7.63. The summed E-state index contributed by atoms with van der Waals surface area (Å²) in [5, 5.41) is 11.3. The summed E-state index contributed by atoms with van der Waals surface area (Å²) in [5.41, 5.74) is 1.45. The van der Waals surface area contributed by atoms with Crippen molar-refractivity contribution in [1.82, 2.24) is 4.57 Å². The van der Waals surface area contributed by atoms with Crippen LogP contribution in [0, 0.1) is 11.3 Å². The van der Waals surface area contributed by atoms with E-state index in [1.165, 1.54) is 30.1 Å². The Labute approximate surface area is 232 Å². The second-order valence-corrected chi connectivity index (χ2v) is 10.1. The molecule has 0 aliphatic carbocycles. The van der Waals surface area contributed by atoms with Gasteiger partial charge in [0, 0.05) is 16.1 Å². The molecular weight excluding hydrogens is 538 g/mol. The zero-order valence-electron chi connectivity index (χ0n) is 21.2. The Morgan fingerprint density at radius 2 is 1.95 bits per heavy atom. The molecular formula is C29H22ClN3O5S. The number of rotatable bonds is 6. The molecule has 8 nitrogen and oxygen atoms in total. The van der Waals surface area contributed by atoms with Crippen molar-refractivity contribution < 1.29 is 19.0 Å². The van der Waals surface area contributed by atoms with Gasteiger partial charge in [0.1, 0.15) is 23.6 Å². The average molecular weight is 560 g/mol. The van der Waals surface area contributed by atoms with E-state index in [0.29, 0.717) is 42.7 Å². The molecule has 0 bridgehead atoms. The first kappa shape index (κ1) is 26.2. The molecule has 196 valence electrons. The molecule has 1 aliphatic rings. The molecule has 0 saturated heterocycles. The summed E-state index contributed by atoms with van der Waals surface area (Å²) in [6.07, 6.45) is 1.74. The number of hydrogen-bond acceptors (Lipinski definition) is 8. The van der Waals surface area contributed by atoms with Crippen LogP contribution >= 0.6 is 22.9 Å². The minimum absolute atomic E-state index is 0.142. The Hall–Kier alpha value is -4.39. The zero-order chi connectivity index (χ0) is 27.7. The van der Waals surface area contributed by atoms with Crippen molar-refractivity contribution in [1.29, 1.82) is 5.26 Å². The molecule has 1 aliphatic heterocycles. The van der Waals surface area contributed by atoms with E-state index in [-0.39, 0.29) is 17.7 Å². The number of fused-ring (bicyclic) bond motifs is 2. The number of aromatic nitrogens is 1. The van der Waals surface area contributed by atoms with Crippen molar-refractivity contribution in [3.63, 3.8) is 0 Å². The number of thiazole rings is 1. The summed E-state index contributed by atoms with van der Waals surface area (Å²) < 4.78 is 18.2. The summed E-state index contributed by atoms with van der Waals surface area (Å²) in [5.74, 6) is 0.315. The molecule has 5 rings (SSSR count). The van der Waals surface area contributed by atoms with Crippen molar-refractivity contribution in [3.05, 3.63) is 102 Å². The molecule has 1 aromatic heterocycles. The van der Waals surface area contributed by atoms with E-state index in [1.54, 1.807) is 37.3 Å². The molecule has 0 amide bonds. The molecule has 2 heterocycles. The number of ether oxygens (including phenoxy) is 3. The summed E-state index contributed by atoms with van der Waals surface area (Å²) in [6.45, 7) is 1.56. The summed E-state index contributed by atoms with van der Waals surface area (Å²) in [6, 6.07) is 17.5. The molecule has 3 aromatic carbocycles. The van der Waals surface area contributed by atoms with Gasteiger partial charge < -0.3 is 14.2 Å². The van der Waals surface area contributed by atoms with Gasteiger partial charge in [-0.05, 0) is 48.0 Å². The lowest BCUT2D eigenvalue weighted by Crippen LogP contribution is -2.40. The number of nitriles is 1. The predicted molar refractivity (Wildman–Crippen MR) is 149 cm³/mol. The second-order valence-electron chi connectivity index (χ2n) is 8.60. The molecule has 1 atom stereocenters. The van der Waals surface area contributed by atoms with Gasteiger partial charge in [0.25, 0.3) is 5.56 Å². The molecule has 4 aromatic rings. The first-order valence-corrected chi connectivity index (χ1v) is 13.0. The van der Waals surface area contributed by atoms with Gasteiger partial charge in [0.05, 0.1) is 30.0 Å². The molecule has 0 saturated carbocycles.